The molecule has 0 bridgehead atoms. The minimum Gasteiger partial charge on any atom is -0.318 e. The SMILES string of the molecule is CCN(C(=O)C(C)(C)N)c1ccncc1. The quantitative estimate of drug-likeness (QED) is 0.809. The summed E-state index contributed by atoms with van der Waals surface area (Å²) in [6.45, 7) is 5.94. The lowest BCUT2D eigenvalue weighted by Crippen LogP contribution is -2.51. The molecule has 1 heterocycles. The Labute approximate surface area is 90.1 Å². The van der Waals surface area contributed by atoms with Crippen molar-refractivity contribution in [2.45, 2.75) is 26.3 Å². The standard InChI is InChI=1S/C11H17N3O/c1-4-14(10(15)11(2,3)12)9-5-7-13-8-6-9/h5-8H,4,12H2,1-3H3. The summed E-state index contributed by atoms with van der Waals surface area (Å²) in [4.78, 5) is 17.5. The van der Waals surface area contributed by atoms with Gasteiger partial charge in [-0.1, -0.05) is 0 Å². The number of pyridine rings is 1. The number of hydrogen-bond acceptors (Lipinski definition) is 3. The van der Waals surface area contributed by atoms with Gasteiger partial charge in [0.2, 0.25) is 5.91 Å². The van der Waals surface area contributed by atoms with Gasteiger partial charge in [-0.2, -0.15) is 0 Å². The van der Waals surface area contributed by atoms with Crippen LogP contribution in [-0.4, -0.2) is 23.0 Å². The number of aromatic nitrogens is 1. The highest BCUT2D eigenvalue weighted by Crippen LogP contribution is 2.15. The van der Waals surface area contributed by atoms with Crippen LogP contribution in [0.4, 0.5) is 5.69 Å². The summed E-state index contributed by atoms with van der Waals surface area (Å²) in [5.74, 6) is -0.0869. The van der Waals surface area contributed by atoms with Crippen LogP contribution in [0.3, 0.4) is 0 Å². The molecular formula is C11H17N3O. The van der Waals surface area contributed by atoms with E-state index in [-0.39, 0.29) is 5.91 Å². The Morgan fingerprint density at radius 3 is 2.40 bits per heavy atom. The molecule has 0 atom stereocenters. The molecule has 1 aromatic heterocycles. The number of nitrogens with two attached hydrogens (primary N) is 1. The molecule has 0 saturated heterocycles. The normalized spacial score (nSPS) is 11.2. The molecule has 2 N–H and O–H groups in total. The zero-order valence-corrected chi connectivity index (χ0v) is 9.40. The number of amides is 1. The lowest BCUT2D eigenvalue weighted by molar-refractivity contribution is -0.122. The first-order chi connectivity index (χ1) is 6.96. The van der Waals surface area contributed by atoms with Crippen LogP contribution in [0.15, 0.2) is 24.5 Å². The lowest BCUT2D eigenvalue weighted by atomic mass is 10.1. The average molecular weight is 207 g/mol. The van der Waals surface area contributed by atoms with Crippen LogP contribution in [-0.2, 0) is 4.79 Å². The van der Waals surface area contributed by atoms with Gasteiger partial charge < -0.3 is 10.6 Å². The molecule has 0 aliphatic rings. The summed E-state index contributed by atoms with van der Waals surface area (Å²) in [5, 5.41) is 0. The topological polar surface area (TPSA) is 59.2 Å². The Morgan fingerprint density at radius 1 is 1.47 bits per heavy atom. The first-order valence-electron chi connectivity index (χ1n) is 4.97. The predicted molar refractivity (Wildman–Crippen MR) is 60.5 cm³/mol. The van der Waals surface area contributed by atoms with Crippen LogP contribution in [0.1, 0.15) is 20.8 Å². The third kappa shape index (κ3) is 2.76. The highest BCUT2D eigenvalue weighted by Gasteiger charge is 2.27. The first-order valence-corrected chi connectivity index (χ1v) is 4.97. The Morgan fingerprint density at radius 2 is 2.00 bits per heavy atom. The molecule has 0 aliphatic carbocycles. The third-order valence-electron chi connectivity index (χ3n) is 2.09. The summed E-state index contributed by atoms with van der Waals surface area (Å²) in [7, 11) is 0. The largest absolute Gasteiger partial charge is 0.318 e. The van der Waals surface area contributed by atoms with Crippen LogP contribution < -0.4 is 10.6 Å². The van der Waals surface area contributed by atoms with Gasteiger partial charge in [-0.3, -0.25) is 9.78 Å². The molecule has 0 saturated carbocycles. The maximum Gasteiger partial charge on any atom is 0.246 e. The van der Waals surface area contributed by atoms with E-state index in [1.807, 2.05) is 6.92 Å². The molecule has 0 radical (unpaired) electrons. The minimum atomic E-state index is -0.848. The highest BCUT2D eigenvalue weighted by molar-refractivity contribution is 5.99. The number of anilines is 1. The number of carbonyl (C=O) groups excluding carboxylic acids is 1. The van der Waals surface area contributed by atoms with Gasteiger partial charge in [-0.15, -0.1) is 0 Å². The van der Waals surface area contributed by atoms with E-state index in [2.05, 4.69) is 4.98 Å². The van der Waals surface area contributed by atoms with E-state index in [0.29, 0.717) is 6.54 Å². The van der Waals surface area contributed by atoms with Crippen molar-refractivity contribution in [2.24, 2.45) is 5.73 Å². The molecule has 0 aliphatic heterocycles. The van der Waals surface area contributed by atoms with E-state index >= 15 is 0 Å². The summed E-state index contributed by atoms with van der Waals surface area (Å²) in [5.41, 5.74) is 5.77. The molecule has 4 heteroatoms. The number of carbonyl (C=O) groups is 1. The fourth-order valence-electron chi connectivity index (χ4n) is 1.32. The van der Waals surface area contributed by atoms with Gasteiger partial charge in [0, 0.05) is 24.6 Å². The van der Waals surface area contributed by atoms with E-state index in [9.17, 15) is 4.79 Å². The molecule has 0 spiro atoms. The molecule has 4 nitrogen and oxygen atoms in total. The zero-order chi connectivity index (χ0) is 11.5. The number of hydrogen-bond donors (Lipinski definition) is 1. The van der Waals surface area contributed by atoms with Crippen LogP contribution in [0.25, 0.3) is 0 Å². The third-order valence-corrected chi connectivity index (χ3v) is 2.09. The molecule has 1 amide bonds. The van der Waals surface area contributed by atoms with Crippen LogP contribution in [0, 0.1) is 0 Å². The van der Waals surface area contributed by atoms with E-state index in [0.717, 1.165) is 5.69 Å². The fraction of sp³-hybridized carbons (Fsp3) is 0.455. The molecule has 0 fully saturated rings. The monoisotopic (exact) mass is 207 g/mol. The molecule has 1 rings (SSSR count). The number of nitrogens with zero attached hydrogens (tertiary/aromatic N) is 2. The van der Waals surface area contributed by atoms with Crippen molar-refractivity contribution in [3.63, 3.8) is 0 Å². The lowest BCUT2D eigenvalue weighted by Gasteiger charge is -2.28. The Kier molecular flexibility index (Phi) is 3.42. The van der Waals surface area contributed by atoms with E-state index in [1.54, 1.807) is 43.3 Å². The minimum absolute atomic E-state index is 0.0869. The van der Waals surface area contributed by atoms with Crippen molar-refractivity contribution in [1.82, 2.24) is 4.98 Å². The molecule has 0 unspecified atom stereocenters. The van der Waals surface area contributed by atoms with Gasteiger partial charge in [0.05, 0.1) is 5.54 Å². The summed E-state index contributed by atoms with van der Waals surface area (Å²) in [6, 6.07) is 3.60. The van der Waals surface area contributed by atoms with Crippen molar-refractivity contribution in [3.8, 4) is 0 Å². The van der Waals surface area contributed by atoms with Gasteiger partial charge in [0.1, 0.15) is 0 Å². The van der Waals surface area contributed by atoms with Gasteiger partial charge in [-0.25, -0.2) is 0 Å². The number of likely N-dealkylation sites (N-methyl/N-ethyl adjacent to an activating group) is 1. The molecule has 0 aromatic carbocycles. The van der Waals surface area contributed by atoms with E-state index < -0.39 is 5.54 Å². The van der Waals surface area contributed by atoms with Crippen molar-refractivity contribution >= 4 is 11.6 Å². The van der Waals surface area contributed by atoms with Crippen LogP contribution in [0.2, 0.25) is 0 Å². The maximum atomic E-state index is 12.0. The van der Waals surface area contributed by atoms with Gasteiger partial charge in [0.15, 0.2) is 0 Å². The van der Waals surface area contributed by atoms with Crippen molar-refractivity contribution in [2.75, 3.05) is 11.4 Å². The first kappa shape index (κ1) is 11.7. The average Bonchev–Trinajstić information content (AvgIpc) is 2.19. The van der Waals surface area contributed by atoms with Gasteiger partial charge >= 0.3 is 0 Å². The maximum absolute atomic E-state index is 12.0. The van der Waals surface area contributed by atoms with Crippen LogP contribution >= 0.6 is 0 Å². The smallest absolute Gasteiger partial charge is 0.246 e. The van der Waals surface area contributed by atoms with E-state index in [4.69, 9.17) is 5.73 Å². The van der Waals surface area contributed by atoms with Gasteiger partial charge in [0.25, 0.3) is 0 Å². The fourth-order valence-corrected chi connectivity index (χ4v) is 1.32. The molecule has 1 aromatic rings. The van der Waals surface area contributed by atoms with Gasteiger partial charge in [-0.05, 0) is 32.9 Å². The van der Waals surface area contributed by atoms with Crippen molar-refractivity contribution < 1.29 is 4.79 Å². The summed E-state index contributed by atoms with van der Waals surface area (Å²) < 4.78 is 0. The molecule has 15 heavy (non-hydrogen) atoms. The zero-order valence-electron chi connectivity index (χ0n) is 9.40. The van der Waals surface area contributed by atoms with E-state index in [1.165, 1.54) is 0 Å². The predicted octanol–water partition coefficient (Wildman–Crippen LogP) is 1.17. The summed E-state index contributed by atoms with van der Waals surface area (Å²) in [6.07, 6.45) is 3.32. The second-order valence-corrected chi connectivity index (χ2v) is 3.98. The second-order valence-electron chi connectivity index (χ2n) is 3.98. The summed E-state index contributed by atoms with van der Waals surface area (Å²) >= 11 is 0. The Hall–Kier alpha value is -1.42. The Bertz CT molecular complexity index is 329. The molecule has 82 valence electrons. The number of rotatable bonds is 3. The van der Waals surface area contributed by atoms with Crippen molar-refractivity contribution in [1.29, 1.82) is 0 Å². The van der Waals surface area contributed by atoms with Crippen molar-refractivity contribution in [3.05, 3.63) is 24.5 Å². The molecular weight excluding hydrogens is 190 g/mol. The highest BCUT2D eigenvalue weighted by atomic mass is 16.2. The Balaban J connectivity index is 2.96. The second kappa shape index (κ2) is 4.40. The van der Waals surface area contributed by atoms with Crippen LogP contribution in [0.5, 0.6) is 0 Å².